The van der Waals surface area contributed by atoms with Crippen molar-refractivity contribution < 1.29 is 8.78 Å². The van der Waals surface area contributed by atoms with Crippen LogP contribution in [0, 0.1) is 25.5 Å². The predicted molar refractivity (Wildman–Crippen MR) is 65.7 cm³/mol. The molecular weight excluding hydrogens is 220 g/mol. The minimum Gasteiger partial charge on any atom is -0.398 e. The third-order valence-corrected chi connectivity index (χ3v) is 2.72. The predicted octanol–water partition coefficient (Wildman–Crippen LogP) is 3.83. The van der Waals surface area contributed by atoms with Crippen LogP contribution in [-0.2, 0) is 0 Å². The quantitative estimate of drug-likeness (QED) is 0.744. The van der Waals surface area contributed by atoms with Crippen LogP contribution in [-0.4, -0.2) is 0 Å². The number of nitrogens with two attached hydrogens (primary N) is 1. The Morgan fingerprint density at radius 3 is 2.35 bits per heavy atom. The van der Waals surface area contributed by atoms with Gasteiger partial charge in [0, 0.05) is 16.8 Å². The van der Waals surface area contributed by atoms with Crippen molar-refractivity contribution in [2.45, 2.75) is 13.8 Å². The lowest BCUT2D eigenvalue weighted by Crippen LogP contribution is -1.96. The number of benzene rings is 2. The van der Waals surface area contributed by atoms with E-state index in [1.54, 1.807) is 6.92 Å². The van der Waals surface area contributed by atoms with Crippen molar-refractivity contribution in [2.24, 2.45) is 0 Å². The number of rotatable bonds is 1. The second-order valence-electron chi connectivity index (χ2n) is 4.17. The first-order valence-electron chi connectivity index (χ1n) is 5.31. The molecule has 2 rings (SSSR count). The van der Waals surface area contributed by atoms with Crippen molar-refractivity contribution in [1.29, 1.82) is 0 Å². The topological polar surface area (TPSA) is 26.0 Å². The molecule has 0 amide bonds. The number of hydrogen-bond donors (Lipinski definition) is 1. The van der Waals surface area contributed by atoms with E-state index in [2.05, 4.69) is 0 Å². The highest BCUT2D eigenvalue weighted by molar-refractivity contribution is 5.79. The minimum absolute atomic E-state index is 0.368. The summed E-state index contributed by atoms with van der Waals surface area (Å²) < 4.78 is 27.1. The molecule has 0 atom stereocenters. The molecule has 0 aliphatic rings. The molecule has 0 aromatic heterocycles. The fourth-order valence-electron chi connectivity index (χ4n) is 2.00. The van der Waals surface area contributed by atoms with Gasteiger partial charge in [0.05, 0.1) is 0 Å². The van der Waals surface area contributed by atoms with Gasteiger partial charge in [-0.25, -0.2) is 8.78 Å². The number of nitrogen functional groups attached to an aromatic ring is 1. The van der Waals surface area contributed by atoms with Crippen LogP contribution in [0.3, 0.4) is 0 Å². The Kier molecular flexibility index (Phi) is 2.84. The number of aryl methyl sites for hydroxylation is 2. The fourth-order valence-corrected chi connectivity index (χ4v) is 2.00. The van der Waals surface area contributed by atoms with E-state index in [-0.39, 0.29) is 5.82 Å². The summed E-state index contributed by atoms with van der Waals surface area (Å²) in [7, 11) is 0. The lowest BCUT2D eigenvalue weighted by atomic mass is 9.96. The summed E-state index contributed by atoms with van der Waals surface area (Å²) in [6.07, 6.45) is 0. The Morgan fingerprint density at radius 1 is 1.00 bits per heavy atom. The largest absolute Gasteiger partial charge is 0.398 e. The van der Waals surface area contributed by atoms with Crippen molar-refractivity contribution in [2.75, 3.05) is 5.73 Å². The summed E-state index contributed by atoms with van der Waals surface area (Å²) in [5.41, 5.74) is 8.49. The molecule has 0 bridgehead atoms. The monoisotopic (exact) mass is 233 g/mol. The Hall–Kier alpha value is -1.90. The Balaban J connectivity index is 2.72. The molecule has 1 nitrogen and oxygen atoms in total. The minimum atomic E-state index is -0.423. The van der Waals surface area contributed by atoms with Gasteiger partial charge < -0.3 is 5.73 Å². The number of halogens is 2. The van der Waals surface area contributed by atoms with Crippen LogP contribution in [0.1, 0.15) is 11.1 Å². The van der Waals surface area contributed by atoms with E-state index in [0.717, 1.165) is 11.1 Å². The van der Waals surface area contributed by atoms with Crippen LogP contribution in [0.5, 0.6) is 0 Å². The first kappa shape index (κ1) is 11.6. The highest BCUT2D eigenvalue weighted by atomic mass is 19.1. The van der Waals surface area contributed by atoms with E-state index in [1.807, 2.05) is 13.0 Å². The third kappa shape index (κ3) is 2.13. The van der Waals surface area contributed by atoms with Gasteiger partial charge in [-0.05, 0) is 49.2 Å². The van der Waals surface area contributed by atoms with Crippen molar-refractivity contribution in [1.82, 2.24) is 0 Å². The van der Waals surface area contributed by atoms with Gasteiger partial charge in [-0.15, -0.1) is 0 Å². The maximum absolute atomic E-state index is 13.9. The molecule has 2 aromatic rings. The molecule has 0 radical (unpaired) electrons. The second-order valence-corrected chi connectivity index (χ2v) is 4.17. The van der Waals surface area contributed by atoms with E-state index in [9.17, 15) is 8.78 Å². The molecule has 0 aliphatic heterocycles. The molecule has 2 N–H and O–H groups in total. The summed E-state index contributed by atoms with van der Waals surface area (Å²) in [6.45, 7) is 3.60. The zero-order valence-corrected chi connectivity index (χ0v) is 9.72. The van der Waals surface area contributed by atoms with Gasteiger partial charge in [-0.1, -0.05) is 6.07 Å². The number of anilines is 1. The normalized spacial score (nSPS) is 10.6. The summed E-state index contributed by atoms with van der Waals surface area (Å²) >= 11 is 0. The summed E-state index contributed by atoms with van der Waals surface area (Å²) in [6, 6.07) is 7.25. The maximum atomic E-state index is 13.9. The molecule has 2 aromatic carbocycles. The van der Waals surface area contributed by atoms with Crippen LogP contribution < -0.4 is 5.73 Å². The lowest BCUT2D eigenvalue weighted by Gasteiger charge is -2.11. The Labute approximate surface area is 98.9 Å². The van der Waals surface area contributed by atoms with Gasteiger partial charge >= 0.3 is 0 Å². The highest BCUT2D eigenvalue weighted by Crippen LogP contribution is 2.32. The zero-order chi connectivity index (χ0) is 12.6. The van der Waals surface area contributed by atoms with Crippen LogP contribution in [0.25, 0.3) is 11.1 Å². The van der Waals surface area contributed by atoms with Crippen LogP contribution in [0.2, 0.25) is 0 Å². The van der Waals surface area contributed by atoms with Gasteiger partial charge in [-0.2, -0.15) is 0 Å². The van der Waals surface area contributed by atoms with Gasteiger partial charge in [0.15, 0.2) is 0 Å². The molecule has 88 valence electrons. The van der Waals surface area contributed by atoms with E-state index in [4.69, 9.17) is 5.73 Å². The van der Waals surface area contributed by atoms with E-state index < -0.39 is 5.82 Å². The Morgan fingerprint density at radius 2 is 1.71 bits per heavy atom. The molecule has 0 saturated heterocycles. The average molecular weight is 233 g/mol. The first-order chi connectivity index (χ1) is 7.99. The third-order valence-electron chi connectivity index (χ3n) is 2.72. The molecule has 0 spiro atoms. The zero-order valence-electron chi connectivity index (χ0n) is 9.72. The van der Waals surface area contributed by atoms with E-state index >= 15 is 0 Å². The lowest BCUT2D eigenvalue weighted by molar-refractivity contribution is 0.624. The van der Waals surface area contributed by atoms with Crippen molar-refractivity contribution in [3.63, 3.8) is 0 Å². The van der Waals surface area contributed by atoms with Crippen molar-refractivity contribution in [3.8, 4) is 11.1 Å². The standard InChI is InChI=1S/C14H13F2N/c1-8-5-9(2)14(12(16)6-8)11-7-10(15)3-4-13(11)17/h3-7H,17H2,1-2H3. The summed E-state index contributed by atoms with van der Waals surface area (Å²) in [4.78, 5) is 0. The molecule has 0 heterocycles. The number of hydrogen-bond acceptors (Lipinski definition) is 1. The molecule has 17 heavy (non-hydrogen) atoms. The molecule has 0 saturated carbocycles. The highest BCUT2D eigenvalue weighted by Gasteiger charge is 2.12. The van der Waals surface area contributed by atoms with Gasteiger partial charge in [0.2, 0.25) is 0 Å². The molecule has 3 heteroatoms. The molecule has 0 aliphatic carbocycles. The SMILES string of the molecule is Cc1cc(C)c(-c2cc(F)ccc2N)c(F)c1. The maximum Gasteiger partial charge on any atom is 0.131 e. The van der Waals surface area contributed by atoms with Crippen LogP contribution >= 0.6 is 0 Å². The van der Waals surface area contributed by atoms with E-state index in [1.165, 1.54) is 24.3 Å². The smallest absolute Gasteiger partial charge is 0.131 e. The van der Waals surface area contributed by atoms with Gasteiger partial charge in [0.25, 0.3) is 0 Å². The van der Waals surface area contributed by atoms with Crippen LogP contribution in [0.15, 0.2) is 30.3 Å². The van der Waals surface area contributed by atoms with Crippen LogP contribution in [0.4, 0.5) is 14.5 Å². The first-order valence-corrected chi connectivity index (χ1v) is 5.31. The van der Waals surface area contributed by atoms with E-state index in [0.29, 0.717) is 16.8 Å². The molecule has 0 unspecified atom stereocenters. The fraction of sp³-hybridized carbons (Fsp3) is 0.143. The van der Waals surface area contributed by atoms with Crippen molar-refractivity contribution >= 4 is 5.69 Å². The molecular formula is C14H13F2N. The van der Waals surface area contributed by atoms with Crippen molar-refractivity contribution in [3.05, 3.63) is 53.1 Å². The Bertz CT molecular complexity index is 553. The van der Waals surface area contributed by atoms with Gasteiger partial charge in [-0.3, -0.25) is 0 Å². The summed E-state index contributed by atoms with van der Waals surface area (Å²) in [5.74, 6) is -0.798. The average Bonchev–Trinajstić information content (AvgIpc) is 2.21. The summed E-state index contributed by atoms with van der Waals surface area (Å²) in [5, 5.41) is 0. The van der Waals surface area contributed by atoms with Gasteiger partial charge in [0.1, 0.15) is 11.6 Å². The second kappa shape index (κ2) is 4.17. The molecule has 0 fully saturated rings.